The molecule has 31 heavy (non-hydrogen) atoms. The maximum absolute atomic E-state index is 12.9. The second-order valence-electron chi connectivity index (χ2n) is 8.90. The molecule has 0 bridgehead atoms. The third-order valence-electron chi connectivity index (χ3n) is 6.34. The van der Waals surface area contributed by atoms with Crippen molar-refractivity contribution in [2.75, 3.05) is 26.2 Å². The highest BCUT2D eigenvalue weighted by Crippen LogP contribution is 2.24. The van der Waals surface area contributed by atoms with Gasteiger partial charge in [-0.3, -0.25) is 9.59 Å². The lowest BCUT2D eigenvalue weighted by atomic mass is 9.94. The molecule has 2 aliphatic heterocycles. The third kappa shape index (κ3) is 5.34. The normalized spacial score (nSPS) is 22.4. The zero-order chi connectivity index (χ0) is 21.8. The second-order valence-corrected chi connectivity index (χ2v) is 8.90. The van der Waals surface area contributed by atoms with Crippen LogP contribution in [0.1, 0.15) is 32.3 Å². The molecular formula is C26H32N2O3. The number of amides is 2. The minimum Gasteiger partial charge on any atom is -0.372 e. The number of hydrogen-bond donors (Lipinski definition) is 0. The first-order chi connectivity index (χ1) is 15.0. The van der Waals surface area contributed by atoms with Crippen molar-refractivity contribution in [3.63, 3.8) is 0 Å². The van der Waals surface area contributed by atoms with E-state index in [1.54, 1.807) is 0 Å². The standard InChI is InChI=1S/C26H32N2O3/c1-19-17-28(18-20(2)31-19)26(30)24-12-14-27(15-13-24)25(29)16-21-8-10-23(11-9-21)22-6-4-3-5-7-22/h3-11,19-20,24H,12-18H2,1-2H3/t19-,20-/m0/s1. The summed E-state index contributed by atoms with van der Waals surface area (Å²) >= 11 is 0. The summed E-state index contributed by atoms with van der Waals surface area (Å²) in [7, 11) is 0. The molecule has 2 fully saturated rings. The summed E-state index contributed by atoms with van der Waals surface area (Å²) in [5.74, 6) is 0.393. The monoisotopic (exact) mass is 420 g/mol. The molecule has 0 saturated carbocycles. The quantitative estimate of drug-likeness (QED) is 0.757. The van der Waals surface area contributed by atoms with Crippen LogP contribution in [0.25, 0.3) is 11.1 Å². The van der Waals surface area contributed by atoms with E-state index in [0.717, 1.165) is 24.0 Å². The van der Waals surface area contributed by atoms with E-state index in [9.17, 15) is 9.59 Å². The van der Waals surface area contributed by atoms with Crippen molar-refractivity contribution < 1.29 is 14.3 Å². The number of hydrogen-bond acceptors (Lipinski definition) is 3. The van der Waals surface area contributed by atoms with E-state index in [4.69, 9.17) is 4.74 Å². The minimum atomic E-state index is 0.0201. The summed E-state index contributed by atoms with van der Waals surface area (Å²) < 4.78 is 5.74. The predicted octanol–water partition coefficient (Wildman–Crippen LogP) is 3.77. The van der Waals surface area contributed by atoms with Gasteiger partial charge in [0.05, 0.1) is 18.6 Å². The lowest BCUT2D eigenvalue weighted by Gasteiger charge is -2.39. The van der Waals surface area contributed by atoms with Crippen molar-refractivity contribution in [2.24, 2.45) is 5.92 Å². The molecule has 2 aromatic rings. The van der Waals surface area contributed by atoms with E-state index in [-0.39, 0.29) is 29.9 Å². The maximum Gasteiger partial charge on any atom is 0.226 e. The molecule has 0 aliphatic carbocycles. The molecule has 2 aromatic carbocycles. The van der Waals surface area contributed by atoms with E-state index in [0.29, 0.717) is 32.6 Å². The lowest BCUT2D eigenvalue weighted by Crippen LogP contribution is -2.51. The van der Waals surface area contributed by atoms with Crippen LogP contribution in [0.2, 0.25) is 0 Å². The smallest absolute Gasteiger partial charge is 0.226 e. The Morgan fingerprint density at radius 3 is 2.03 bits per heavy atom. The first kappa shape index (κ1) is 21.6. The van der Waals surface area contributed by atoms with Gasteiger partial charge in [-0.05, 0) is 43.4 Å². The highest BCUT2D eigenvalue weighted by atomic mass is 16.5. The van der Waals surface area contributed by atoms with Gasteiger partial charge < -0.3 is 14.5 Å². The Bertz CT molecular complexity index is 879. The number of carbonyl (C=O) groups is 2. The van der Waals surface area contributed by atoms with Gasteiger partial charge in [-0.25, -0.2) is 0 Å². The Morgan fingerprint density at radius 2 is 1.42 bits per heavy atom. The molecule has 0 aromatic heterocycles. The Morgan fingerprint density at radius 1 is 0.839 bits per heavy atom. The largest absolute Gasteiger partial charge is 0.372 e. The summed E-state index contributed by atoms with van der Waals surface area (Å²) in [6.07, 6.45) is 2.08. The van der Waals surface area contributed by atoms with E-state index >= 15 is 0 Å². The number of nitrogens with zero attached hydrogens (tertiary/aromatic N) is 2. The fourth-order valence-corrected chi connectivity index (χ4v) is 4.72. The summed E-state index contributed by atoms with van der Waals surface area (Å²) in [5.41, 5.74) is 3.36. The highest BCUT2D eigenvalue weighted by Gasteiger charge is 2.33. The van der Waals surface area contributed by atoms with Crippen LogP contribution < -0.4 is 0 Å². The van der Waals surface area contributed by atoms with E-state index in [1.165, 1.54) is 5.56 Å². The van der Waals surface area contributed by atoms with Crippen molar-refractivity contribution in [3.05, 3.63) is 60.2 Å². The van der Waals surface area contributed by atoms with Crippen LogP contribution in [0.15, 0.2) is 54.6 Å². The van der Waals surface area contributed by atoms with Crippen LogP contribution >= 0.6 is 0 Å². The minimum absolute atomic E-state index is 0.0201. The number of rotatable bonds is 4. The van der Waals surface area contributed by atoms with Crippen molar-refractivity contribution in [3.8, 4) is 11.1 Å². The van der Waals surface area contributed by atoms with E-state index in [1.807, 2.05) is 54.0 Å². The fourth-order valence-electron chi connectivity index (χ4n) is 4.72. The Balaban J connectivity index is 1.28. The van der Waals surface area contributed by atoms with Gasteiger partial charge in [-0.2, -0.15) is 0 Å². The molecule has 2 saturated heterocycles. The van der Waals surface area contributed by atoms with E-state index in [2.05, 4.69) is 24.3 Å². The molecule has 5 heteroatoms. The molecule has 0 unspecified atom stereocenters. The van der Waals surface area contributed by atoms with Crippen molar-refractivity contribution in [2.45, 2.75) is 45.3 Å². The fraction of sp³-hybridized carbons (Fsp3) is 0.462. The number of benzene rings is 2. The van der Waals surface area contributed by atoms with Gasteiger partial charge in [0.25, 0.3) is 0 Å². The van der Waals surface area contributed by atoms with Crippen molar-refractivity contribution in [1.29, 1.82) is 0 Å². The number of morpholine rings is 1. The van der Waals surface area contributed by atoms with Crippen LogP contribution in [0, 0.1) is 5.92 Å². The number of likely N-dealkylation sites (tertiary alicyclic amines) is 1. The molecule has 2 heterocycles. The topological polar surface area (TPSA) is 49.9 Å². The second kappa shape index (κ2) is 9.65. The molecule has 0 N–H and O–H groups in total. The average Bonchev–Trinajstić information content (AvgIpc) is 2.79. The maximum atomic E-state index is 12.9. The molecule has 4 rings (SSSR count). The molecule has 2 atom stereocenters. The zero-order valence-electron chi connectivity index (χ0n) is 18.5. The van der Waals surface area contributed by atoms with Crippen molar-refractivity contribution in [1.82, 2.24) is 9.80 Å². The van der Waals surface area contributed by atoms with Gasteiger partial charge in [0.2, 0.25) is 11.8 Å². The van der Waals surface area contributed by atoms with Gasteiger partial charge >= 0.3 is 0 Å². The van der Waals surface area contributed by atoms with Gasteiger partial charge in [-0.15, -0.1) is 0 Å². The van der Waals surface area contributed by atoms with Crippen LogP contribution in [0.3, 0.4) is 0 Å². The average molecular weight is 421 g/mol. The first-order valence-electron chi connectivity index (χ1n) is 11.4. The molecule has 2 amide bonds. The summed E-state index contributed by atoms with van der Waals surface area (Å²) in [4.78, 5) is 29.6. The van der Waals surface area contributed by atoms with Crippen molar-refractivity contribution >= 4 is 11.8 Å². The van der Waals surface area contributed by atoms with Crippen LogP contribution in [-0.4, -0.2) is 60.0 Å². The Labute approximate surface area is 185 Å². The van der Waals surface area contributed by atoms with Crippen LogP contribution in [0.4, 0.5) is 0 Å². The molecule has 0 spiro atoms. The van der Waals surface area contributed by atoms with Crippen LogP contribution in [0.5, 0.6) is 0 Å². The number of carbonyl (C=O) groups excluding carboxylic acids is 2. The molecular weight excluding hydrogens is 388 g/mol. The lowest BCUT2D eigenvalue weighted by molar-refractivity contribution is -0.150. The van der Waals surface area contributed by atoms with Gasteiger partial charge in [0.15, 0.2) is 0 Å². The number of ether oxygens (including phenoxy) is 1. The Hall–Kier alpha value is -2.66. The molecule has 2 aliphatic rings. The zero-order valence-corrected chi connectivity index (χ0v) is 18.5. The highest BCUT2D eigenvalue weighted by molar-refractivity contribution is 5.81. The molecule has 164 valence electrons. The SMILES string of the molecule is C[C@H]1CN(C(=O)C2CCN(C(=O)Cc3ccc(-c4ccccc4)cc3)CC2)C[C@H](C)O1. The molecule has 0 radical (unpaired) electrons. The summed E-state index contributed by atoms with van der Waals surface area (Å²) in [5, 5.41) is 0. The molecule has 5 nitrogen and oxygen atoms in total. The first-order valence-corrected chi connectivity index (χ1v) is 11.4. The third-order valence-corrected chi connectivity index (χ3v) is 6.34. The van der Waals surface area contributed by atoms with E-state index < -0.39 is 0 Å². The Kier molecular flexibility index (Phi) is 6.71. The summed E-state index contributed by atoms with van der Waals surface area (Å²) in [6.45, 7) is 6.69. The summed E-state index contributed by atoms with van der Waals surface area (Å²) in [6, 6.07) is 18.5. The van der Waals surface area contributed by atoms with Gasteiger partial charge in [0, 0.05) is 32.1 Å². The predicted molar refractivity (Wildman–Crippen MR) is 121 cm³/mol. The van der Waals surface area contributed by atoms with Crippen LogP contribution in [-0.2, 0) is 20.7 Å². The van der Waals surface area contributed by atoms with Gasteiger partial charge in [-0.1, -0.05) is 54.6 Å². The van der Waals surface area contributed by atoms with Gasteiger partial charge in [0.1, 0.15) is 0 Å². The number of piperidine rings is 1.